The molecule has 0 aliphatic rings. The van der Waals surface area contributed by atoms with Gasteiger partial charge in [0.1, 0.15) is 6.33 Å². The SMILES string of the molecule is COC(=O)c1ncn(CCC(C)(C)C)n1. The first-order valence-corrected chi connectivity index (χ1v) is 4.90. The van der Waals surface area contributed by atoms with E-state index in [1.165, 1.54) is 7.11 Å². The molecule has 0 saturated heterocycles. The van der Waals surface area contributed by atoms with E-state index in [4.69, 9.17) is 0 Å². The first-order valence-electron chi connectivity index (χ1n) is 4.90. The van der Waals surface area contributed by atoms with Crippen molar-refractivity contribution < 1.29 is 9.53 Å². The van der Waals surface area contributed by atoms with Crippen LogP contribution in [-0.2, 0) is 11.3 Å². The summed E-state index contributed by atoms with van der Waals surface area (Å²) in [6.45, 7) is 7.23. The van der Waals surface area contributed by atoms with Crippen LogP contribution in [0, 0.1) is 5.41 Å². The minimum absolute atomic E-state index is 0.117. The Balaban J connectivity index is 2.57. The second-order valence-corrected chi connectivity index (χ2v) is 4.63. The first kappa shape index (κ1) is 11.7. The Labute approximate surface area is 89.5 Å². The Hall–Kier alpha value is -1.39. The predicted octanol–water partition coefficient (Wildman–Crippen LogP) is 1.50. The maximum absolute atomic E-state index is 11.1. The fraction of sp³-hybridized carbons (Fsp3) is 0.700. The number of carbonyl (C=O) groups is 1. The number of esters is 1. The molecule has 0 spiro atoms. The monoisotopic (exact) mass is 211 g/mol. The minimum Gasteiger partial charge on any atom is -0.463 e. The van der Waals surface area contributed by atoms with Gasteiger partial charge in [0.2, 0.25) is 0 Å². The Kier molecular flexibility index (Phi) is 3.44. The molecule has 0 aromatic carbocycles. The number of hydrogen-bond acceptors (Lipinski definition) is 4. The van der Waals surface area contributed by atoms with Gasteiger partial charge in [0.25, 0.3) is 5.82 Å². The third kappa shape index (κ3) is 3.69. The number of carbonyl (C=O) groups excluding carboxylic acids is 1. The van der Waals surface area contributed by atoms with Gasteiger partial charge in [-0.25, -0.2) is 9.78 Å². The molecule has 15 heavy (non-hydrogen) atoms. The van der Waals surface area contributed by atoms with Crippen LogP contribution in [0.3, 0.4) is 0 Å². The van der Waals surface area contributed by atoms with Gasteiger partial charge >= 0.3 is 5.97 Å². The van der Waals surface area contributed by atoms with Crippen LogP contribution in [0.4, 0.5) is 0 Å². The number of rotatable bonds is 3. The number of aromatic nitrogens is 3. The molecule has 0 unspecified atom stereocenters. The fourth-order valence-electron chi connectivity index (χ4n) is 1.04. The predicted molar refractivity (Wildman–Crippen MR) is 55.4 cm³/mol. The van der Waals surface area contributed by atoms with Gasteiger partial charge in [-0.05, 0) is 11.8 Å². The zero-order valence-electron chi connectivity index (χ0n) is 9.65. The van der Waals surface area contributed by atoms with Crippen molar-refractivity contribution >= 4 is 5.97 Å². The van der Waals surface area contributed by atoms with E-state index >= 15 is 0 Å². The maximum Gasteiger partial charge on any atom is 0.377 e. The van der Waals surface area contributed by atoms with Crippen molar-refractivity contribution in [1.29, 1.82) is 0 Å². The molecule has 1 aromatic rings. The van der Waals surface area contributed by atoms with Gasteiger partial charge in [-0.2, -0.15) is 0 Å². The molecule has 0 saturated carbocycles. The smallest absolute Gasteiger partial charge is 0.377 e. The molecule has 1 aromatic heterocycles. The van der Waals surface area contributed by atoms with Crippen molar-refractivity contribution in [1.82, 2.24) is 14.8 Å². The van der Waals surface area contributed by atoms with Crippen LogP contribution in [0.2, 0.25) is 0 Å². The highest BCUT2D eigenvalue weighted by Crippen LogP contribution is 2.18. The molecule has 0 aliphatic heterocycles. The molecule has 84 valence electrons. The number of nitrogens with zero attached hydrogens (tertiary/aromatic N) is 3. The Morgan fingerprint density at radius 2 is 2.20 bits per heavy atom. The number of aryl methyl sites for hydroxylation is 1. The van der Waals surface area contributed by atoms with Gasteiger partial charge in [0.15, 0.2) is 0 Å². The van der Waals surface area contributed by atoms with E-state index in [-0.39, 0.29) is 11.2 Å². The second kappa shape index (κ2) is 4.42. The summed E-state index contributed by atoms with van der Waals surface area (Å²) in [5.41, 5.74) is 0.247. The molecule has 0 atom stereocenters. The Morgan fingerprint density at radius 1 is 1.53 bits per heavy atom. The molecule has 0 radical (unpaired) electrons. The molecular formula is C10H17N3O2. The molecule has 0 fully saturated rings. The van der Waals surface area contributed by atoms with Gasteiger partial charge in [0, 0.05) is 6.54 Å². The summed E-state index contributed by atoms with van der Waals surface area (Å²) in [6.07, 6.45) is 2.54. The van der Waals surface area contributed by atoms with E-state index < -0.39 is 5.97 Å². The van der Waals surface area contributed by atoms with Crippen LogP contribution in [0.5, 0.6) is 0 Å². The third-order valence-corrected chi connectivity index (χ3v) is 2.00. The highest BCUT2D eigenvalue weighted by molar-refractivity contribution is 5.84. The Morgan fingerprint density at radius 3 is 2.73 bits per heavy atom. The standard InChI is InChI=1S/C10H17N3O2/c1-10(2,3)5-6-13-7-11-8(12-13)9(14)15-4/h7H,5-6H2,1-4H3. The summed E-state index contributed by atoms with van der Waals surface area (Å²) in [5.74, 6) is -0.379. The van der Waals surface area contributed by atoms with Crippen LogP contribution < -0.4 is 0 Å². The maximum atomic E-state index is 11.1. The largest absolute Gasteiger partial charge is 0.463 e. The number of hydrogen-bond donors (Lipinski definition) is 0. The molecule has 1 rings (SSSR count). The number of ether oxygens (including phenoxy) is 1. The Bertz CT molecular complexity index is 339. The molecule has 5 nitrogen and oxygen atoms in total. The van der Waals surface area contributed by atoms with Crippen molar-refractivity contribution in [2.45, 2.75) is 33.7 Å². The zero-order chi connectivity index (χ0) is 11.5. The summed E-state index contributed by atoms with van der Waals surface area (Å²) in [5, 5.41) is 4.02. The van der Waals surface area contributed by atoms with Crippen LogP contribution in [0.1, 0.15) is 37.8 Å². The van der Waals surface area contributed by atoms with Crippen LogP contribution >= 0.6 is 0 Å². The molecule has 0 aliphatic carbocycles. The molecule has 0 amide bonds. The molecule has 0 bridgehead atoms. The quantitative estimate of drug-likeness (QED) is 0.711. The summed E-state index contributed by atoms with van der Waals surface area (Å²) >= 11 is 0. The lowest BCUT2D eigenvalue weighted by Gasteiger charge is -2.17. The summed E-state index contributed by atoms with van der Waals surface area (Å²) in [6, 6.07) is 0. The molecule has 5 heteroatoms. The van der Waals surface area contributed by atoms with Gasteiger partial charge in [-0.1, -0.05) is 20.8 Å². The van der Waals surface area contributed by atoms with Crippen molar-refractivity contribution in [2.75, 3.05) is 7.11 Å². The first-order chi connectivity index (χ1) is 6.92. The average molecular weight is 211 g/mol. The normalized spacial score (nSPS) is 11.5. The highest BCUT2D eigenvalue weighted by atomic mass is 16.5. The van der Waals surface area contributed by atoms with Gasteiger partial charge < -0.3 is 4.74 Å². The molecule has 1 heterocycles. The lowest BCUT2D eigenvalue weighted by molar-refractivity contribution is 0.0586. The van der Waals surface area contributed by atoms with Crippen LogP contribution in [0.15, 0.2) is 6.33 Å². The van der Waals surface area contributed by atoms with Crippen molar-refractivity contribution in [3.05, 3.63) is 12.2 Å². The minimum atomic E-state index is -0.496. The van der Waals surface area contributed by atoms with Crippen LogP contribution in [-0.4, -0.2) is 27.8 Å². The van der Waals surface area contributed by atoms with E-state index in [2.05, 4.69) is 35.6 Å². The van der Waals surface area contributed by atoms with Gasteiger partial charge in [0.05, 0.1) is 7.11 Å². The van der Waals surface area contributed by atoms with Gasteiger partial charge in [-0.3, -0.25) is 4.68 Å². The van der Waals surface area contributed by atoms with E-state index in [0.29, 0.717) is 0 Å². The average Bonchev–Trinajstić information content (AvgIpc) is 2.61. The lowest BCUT2D eigenvalue weighted by Crippen LogP contribution is -2.11. The van der Waals surface area contributed by atoms with E-state index in [0.717, 1.165) is 13.0 Å². The summed E-state index contributed by atoms with van der Waals surface area (Å²) < 4.78 is 6.18. The van der Waals surface area contributed by atoms with E-state index in [1.807, 2.05) is 0 Å². The summed E-state index contributed by atoms with van der Waals surface area (Å²) in [7, 11) is 1.32. The van der Waals surface area contributed by atoms with Gasteiger partial charge in [-0.15, -0.1) is 5.10 Å². The zero-order valence-corrected chi connectivity index (χ0v) is 9.65. The molecule has 0 N–H and O–H groups in total. The van der Waals surface area contributed by atoms with Crippen molar-refractivity contribution in [2.24, 2.45) is 5.41 Å². The number of methoxy groups -OCH3 is 1. The molecular weight excluding hydrogens is 194 g/mol. The topological polar surface area (TPSA) is 57.0 Å². The summed E-state index contributed by atoms with van der Waals surface area (Å²) in [4.78, 5) is 14.9. The third-order valence-electron chi connectivity index (χ3n) is 2.00. The van der Waals surface area contributed by atoms with E-state index in [1.54, 1.807) is 11.0 Å². The second-order valence-electron chi connectivity index (χ2n) is 4.63. The van der Waals surface area contributed by atoms with Crippen molar-refractivity contribution in [3.63, 3.8) is 0 Å². The highest BCUT2D eigenvalue weighted by Gasteiger charge is 2.13. The van der Waals surface area contributed by atoms with E-state index in [9.17, 15) is 4.79 Å². The van der Waals surface area contributed by atoms with Crippen molar-refractivity contribution in [3.8, 4) is 0 Å². The fourth-order valence-corrected chi connectivity index (χ4v) is 1.04. The van der Waals surface area contributed by atoms with Crippen LogP contribution in [0.25, 0.3) is 0 Å². The lowest BCUT2D eigenvalue weighted by atomic mass is 9.92.